The summed E-state index contributed by atoms with van der Waals surface area (Å²) in [6.07, 6.45) is 3.04. The number of nitrogens with two attached hydrogens (primary N) is 2. The molecule has 0 saturated heterocycles. The summed E-state index contributed by atoms with van der Waals surface area (Å²) in [4.78, 5) is 28.8. The number of nitrogens with zero attached hydrogens (tertiary/aromatic N) is 1. The van der Waals surface area contributed by atoms with Crippen molar-refractivity contribution in [2.45, 2.75) is 130 Å². The zero-order valence-electron chi connectivity index (χ0n) is 28.9. The van der Waals surface area contributed by atoms with Gasteiger partial charge in [0.25, 0.3) is 0 Å². The third-order valence-electron chi connectivity index (χ3n) is 7.51. The van der Waals surface area contributed by atoms with Crippen molar-refractivity contribution in [1.29, 1.82) is 0 Å². The van der Waals surface area contributed by atoms with Crippen molar-refractivity contribution < 1.29 is 32.2 Å². The summed E-state index contributed by atoms with van der Waals surface area (Å²) in [5, 5.41) is 2.68. The van der Waals surface area contributed by atoms with Crippen LogP contribution in [0.15, 0.2) is 9.89 Å². The van der Waals surface area contributed by atoms with Gasteiger partial charge in [-0.1, -0.05) is 13.8 Å². The van der Waals surface area contributed by atoms with E-state index in [1.807, 2.05) is 55.4 Å². The number of aliphatic imine (C=N–C) groups is 1. The minimum absolute atomic E-state index is 0.0370. The summed E-state index contributed by atoms with van der Waals surface area (Å²) < 4.78 is 46.5. The van der Waals surface area contributed by atoms with Gasteiger partial charge in [-0.3, -0.25) is 9.79 Å². The summed E-state index contributed by atoms with van der Waals surface area (Å²) in [6.45, 7) is 20.8. The molecule has 13 heteroatoms. The van der Waals surface area contributed by atoms with Gasteiger partial charge in [-0.25, -0.2) is 8.42 Å². The van der Waals surface area contributed by atoms with Gasteiger partial charge in [-0.15, -0.1) is 0 Å². The standard InChI is InChI=1S/C26H43N5O5S.C6H14O2/c1-15(2)13-19(14-32)30-24(33)21(9-8-12-29-25(27)28)31-37(34,35)23-17(4)16(3)22-20(18(23)5)10-11-26(6,7)36-22;1-4-7-6(3)8-5-2/h14-15,19,21,31H,8-13H2,1-7H3,(H,30,33)(H4,27,28,29);6H,4-5H2,1-3H3/t19-,21+;/m0./s1. The molecule has 2 atom stereocenters. The van der Waals surface area contributed by atoms with Crippen LogP contribution in [0.5, 0.6) is 5.75 Å². The van der Waals surface area contributed by atoms with Crippen molar-refractivity contribution in [3.8, 4) is 5.75 Å². The fraction of sp³-hybridized carbons (Fsp3) is 0.719. The molecule has 0 spiro atoms. The number of guanidine groups is 1. The highest BCUT2D eigenvalue weighted by atomic mass is 32.2. The molecule has 1 aliphatic heterocycles. The molecule has 0 aromatic heterocycles. The molecule has 0 bridgehead atoms. The van der Waals surface area contributed by atoms with Crippen LogP contribution >= 0.6 is 0 Å². The van der Waals surface area contributed by atoms with Crippen LogP contribution in [-0.2, 0) is 35.5 Å². The van der Waals surface area contributed by atoms with Gasteiger partial charge >= 0.3 is 0 Å². The number of hydrogen-bond acceptors (Lipinski definition) is 8. The normalized spacial score (nSPS) is 15.3. The van der Waals surface area contributed by atoms with E-state index in [4.69, 9.17) is 25.7 Å². The SMILES string of the molecule is CCOC(C)OCC.Cc1c(C)c(S(=O)(=O)N[C@H](CCCN=C(N)N)C(=O)N[C@H](C=O)CC(C)C)c(C)c2c1OC(C)(C)CC2. The van der Waals surface area contributed by atoms with E-state index in [-0.39, 0.29) is 41.6 Å². The Kier molecular flexibility index (Phi) is 16.5. The number of aldehydes is 1. The number of fused-ring (bicyclic) bond motifs is 1. The number of amides is 1. The van der Waals surface area contributed by atoms with E-state index in [0.29, 0.717) is 36.7 Å². The quantitative estimate of drug-likeness (QED) is 0.0680. The van der Waals surface area contributed by atoms with Crippen LogP contribution in [0.2, 0.25) is 0 Å². The third-order valence-corrected chi connectivity index (χ3v) is 9.26. The Hall–Kier alpha value is -2.74. The van der Waals surface area contributed by atoms with E-state index in [0.717, 1.165) is 36.5 Å². The average Bonchev–Trinajstić information content (AvgIpc) is 2.92. The number of carbonyl (C=O) groups excluding carboxylic acids is 2. The molecular formula is C32H57N5O7S. The molecular weight excluding hydrogens is 598 g/mol. The first-order chi connectivity index (χ1) is 20.9. The molecule has 12 nitrogen and oxygen atoms in total. The third kappa shape index (κ3) is 12.9. The number of benzene rings is 1. The van der Waals surface area contributed by atoms with Crippen LogP contribution in [0.4, 0.5) is 0 Å². The highest BCUT2D eigenvalue weighted by molar-refractivity contribution is 7.89. The summed E-state index contributed by atoms with van der Waals surface area (Å²) >= 11 is 0. The first-order valence-electron chi connectivity index (χ1n) is 15.8. The molecule has 0 saturated carbocycles. The molecule has 258 valence electrons. The summed E-state index contributed by atoms with van der Waals surface area (Å²) in [5.74, 6) is 0.254. The van der Waals surface area contributed by atoms with E-state index < -0.39 is 28.0 Å². The molecule has 1 aromatic rings. The van der Waals surface area contributed by atoms with E-state index in [2.05, 4.69) is 15.0 Å². The van der Waals surface area contributed by atoms with Crippen LogP contribution in [0, 0.1) is 26.7 Å². The Labute approximate surface area is 270 Å². The van der Waals surface area contributed by atoms with Gasteiger partial charge in [0.15, 0.2) is 12.2 Å². The zero-order chi connectivity index (χ0) is 34.5. The van der Waals surface area contributed by atoms with Crippen molar-refractivity contribution in [2.24, 2.45) is 22.4 Å². The zero-order valence-corrected chi connectivity index (χ0v) is 29.7. The number of nitrogens with one attached hydrogen (secondary N) is 2. The van der Waals surface area contributed by atoms with Crippen LogP contribution in [0.25, 0.3) is 0 Å². The maximum atomic E-state index is 13.8. The van der Waals surface area contributed by atoms with Crippen molar-refractivity contribution in [3.63, 3.8) is 0 Å². The Bertz CT molecular complexity index is 1260. The van der Waals surface area contributed by atoms with Crippen molar-refractivity contribution in [2.75, 3.05) is 19.8 Å². The fourth-order valence-electron chi connectivity index (χ4n) is 5.20. The van der Waals surface area contributed by atoms with Crippen LogP contribution in [-0.4, -0.2) is 70.3 Å². The van der Waals surface area contributed by atoms with Crippen molar-refractivity contribution in [1.82, 2.24) is 10.0 Å². The Morgan fingerprint density at radius 1 is 1.07 bits per heavy atom. The Balaban J connectivity index is 0.00000111. The minimum Gasteiger partial charge on any atom is -0.487 e. The maximum Gasteiger partial charge on any atom is 0.241 e. The van der Waals surface area contributed by atoms with Crippen LogP contribution < -0.4 is 26.2 Å². The van der Waals surface area contributed by atoms with E-state index >= 15 is 0 Å². The molecule has 1 aromatic carbocycles. The molecule has 0 aliphatic carbocycles. The predicted octanol–water partition coefficient (Wildman–Crippen LogP) is 3.55. The van der Waals surface area contributed by atoms with Gasteiger partial charge in [-0.05, 0) is 116 Å². The number of sulfonamides is 1. The highest BCUT2D eigenvalue weighted by Crippen LogP contribution is 2.42. The first-order valence-corrected chi connectivity index (χ1v) is 17.3. The second-order valence-corrected chi connectivity index (χ2v) is 14.0. The summed E-state index contributed by atoms with van der Waals surface area (Å²) in [6, 6.07) is -1.83. The van der Waals surface area contributed by atoms with Crippen LogP contribution in [0.1, 0.15) is 96.4 Å². The van der Waals surface area contributed by atoms with E-state index in [9.17, 15) is 18.0 Å². The lowest BCUT2D eigenvalue weighted by atomic mass is 9.88. The summed E-state index contributed by atoms with van der Waals surface area (Å²) in [7, 11) is -4.11. The average molecular weight is 656 g/mol. The predicted molar refractivity (Wildman–Crippen MR) is 178 cm³/mol. The number of hydrogen-bond donors (Lipinski definition) is 4. The van der Waals surface area contributed by atoms with Gasteiger partial charge in [0.2, 0.25) is 15.9 Å². The largest absolute Gasteiger partial charge is 0.487 e. The highest BCUT2D eigenvalue weighted by Gasteiger charge is 2.35. The van der Waals surface area contributed by atoms with Gasteiger partial charge in [0.05, 0.1) is 10.9 Å². The maximum absolute atomic E-state index is 13.8. The molecule has 45 heavy (non-hydrogen) atoms. The van der Waals surface area contributed by atoms with E-state index in [1.54, 1.807) is 13.8 Å². The molecule has 2 rings (SSSR count). The van der Waals surface area contributed by atoms with E-state index in [1.165, 1.54) is 0 Å². The fourth-order valence-corrected chi connectivity index (χ4v) is 7.00. The Morgan fingerprint density at radius 3 is 2.18 bits per heavy atom. The van der Waals surface area contributed by atoms with Gasteiger partial charge in [-0.2, -0.15) is 4.72 Å². The second-order valence-electron chi connectivity index (χ2n) is 12.4. The monoisotopic (exact) mass is 655 g/mol. The lowest BCUT2D eigenvalue weighted by Crippen LogP contribution is -2.50. The van der Waals surface area contributed by atoms with Gasteiger partial charge < -0.3 is 35.8 Å². The molecule has 1 aliphatic rings. The van der Waals surface area contributed by atoms with Gasteiger partial charge in [0, 0.05) is 19.8 Å². The number of ether oxygens (including phenoxy) is 3. The molecule has 1 amide bonds. The number of carbonyl (C=O) groups is 2. The lowest BCUT2D eigenvalue weighted by molar-refractivity contribution is -0.125. The minimum atomic E-state index is -4.11. The first kappa shape index (κ1) is 40.3. The van der Waals surface area contributed by atoms with Crippen LogP contribution in [0.3, 0.4) is 0 Å². The topological polar surface area (TPSA) is 184 Å². The second kappa shape index (κ2) is 18.4. The Morgan fingerprint density at radius 2 is 1.67 bits per heavy atom. The lowest BCUT2D eigenvalue weighted by Gasteiger charge is -2.35. The number of rotatable bonds is 16. The molecule has 1 heterocycles. The molecule has 0 radical (unpaired) electrons. The smallest absolute Gasteiger partial charge is 0.241 e. The molecule has 6 N–H and O–H groups in total. The molecule has 0 unspecified atom stereocenters. The van der Waals surface area contributed by atoms with Gasteiger partial charge in [0.1, 0.15) is 23.7 Å². The van der Waals surface area contributed by atoms with Crippen molar-refractivity contribution >= 4 is 28.2 Å². The molecule has 0 fully saturated rings. The van der Waals surface area contributed by atoms with Crippen molar-refractivity contribution in [3.05, 3.63) is 22.3 Å². The summed E-state index contributed by atoms with van der Waals surface area (Å²) in [5.41, 5.74) is 13.3.